The fourth-order valence-electron chi connectivity index (χ4n) is 5.24. The highest BCUT2D eigenvalue weighted by molar-refractivity contribution is 5.62. The molecule has 2 aliphatic rings. The van der Waals surface area contributed by atoms with Gasteiger partial charge in [0, 0.05) is 12.1 Å². The quantitative estimate of drug-likeness (QED) is 0.401. The number of aliphatic hydroxyl groups is 1. The zero-order valence-corrected chi connectivity index (χ0v) is 20.8. The summed E-state index contributed by atoms with van der Waals surface area (Å²) in [7, 11) is 0. The Labute approximate surface area is 212 Å². The van der Waals surface area contributed by atoms with Gasteiger partial charge < -0.3 is 5.11 Å². The number of halogens is 2. The van der Waals surface area contributed by atoms with Gasteiger partial charge in [-0.05, 0) is 60.8 Å². The van der Waals surface area contributed by atoms with Gasteiger partial charge in [-0.2, -0.15) is 10.2 Å². The minimum Gasteiger partial charge on any atom is -0.382 e. The number of benzene rings is 1. The molecule has 8 nitrogen and oxygen atoms in total. The highest BCUT2D eigenvalue weighted by Crippen LogP contribution is 2.49. The normalized spacial score (nSPS) is 20.5. The molecular formula is C27H27F2N7O. The van der Waals surface area contributed by atoms with Crippen LogP contribution >= 0.6 is 0 Å². The third-order valence-electron chi connectivity index (χ3n) is 7.46. The minimum atomic E-state index is -0.925. The highest BCUT2D eigenvalue weighted by Gasteiger charge is 2.45. The summed E-state index contributed by atoms with van der Waals surface area (Å²) in [5, 5.41) is 26.2. The SMILES string of the molecule is CC(C)(C)[C@H]1CCC(c2cncc(-c3n[nH]c(C4(O)CC4)n3)n2)c2nnc(-c3c(F)cccc3F)cc21. The third kappa shape index (κ3) is 4.19. The molecule has 0 saturated heterocycles. The van der Waals surface area contributed by atoms with Crippen LogP contribution in [-0.2, 0) is 5.60 Å². The molecule has 3 aromatic heterocycles. The van der Waals surface area contributed by atoms with Gasteiger partial charge in [0.25, 0.3) is 0 Å². The van der Waals surface area contributed by atoms with Crippen LogP contribution in [0.5, 0.6) is 0 Å². The maximum atomic E-state index is 14.6. The lowest BCUT2D eigenvalue weighted by atomic mass is 9.67. The lowest BCUT2D eigenvalue weighted by Crippen LogP contribution is -2.27. The topological polar surface area (TPSA) is 113 Å². The Hall–Kier alpha value is -3.66. The van der Waals surface area contributed by atoms with E-state index in [0.29, 0.717) is 35.9 Å². The number of nitrogens with one attached hydrogen (secondary N) is 1. The molecule has 1 fully saturated rings. The summed E-state index contributed by atoms with van der Waals surface area (Å²) in [4.78, 5) is 13.6. The first kappa shape index (κ1) is 23.7. The molecular weight excluding hydrogens is 476 g/mol. The number of hydrogen-bond donors (Lipinski definition) is 2. The molecule has 0 bridgehead atoms. The summed E-state index contributed by atoms with van der Waals surface area (Å²) in [6, 6.07) is 5.56. The Balaban J connectivity index is 1.42. The van der Waals surface area contributed by atoms with Crippen LogP contribution < -0.4 is 0 Å². The van der Waals surface area contributed by atoms with Crippen LogP contribution in [0.2, 0.25) is 0 Å². The van der Waals surface area contributed by atoms with Crippen molar-refractivity contribution in [1.82, 2.24) is 35.3 Å². The highest BCUT2D eigenvalue weighted by atomic mass is 19.1. The smallest absolute Gasteiger partial charge is 0.201 e. The third-order valence-corrected chi connectivity index (χ3v) is 7.46. The average molecular weight is 504 g/mol. The van der Waals surface area contributed by atoms with Crippen molar-refractivity contribution in [3.63, 3.8) is 0 Å². The Bertz CT molecular complexity index is 1470. The van der Waals surface area contributed by atoms with Crippen molar-refractivity contribution in [3.8, 4) is 22.8 Å². The summed E-state index contributed by atoms with van der Waals surface area (Å²) < 4.78 is 29.1. The predicted molar refractivity (Wildman–Crippen MR) is 131 cm³/mol. The molecule has 0 radical (unpaired) electrons. The van der Waals surface area contributed by atoms with Crippen LogP contribution in [0, 0.1) is 17.0 Å². The van der Waals surface area contributed by atoms with Gasteiger partial charge in [0.05, 0.1) is 28.8 Å². The minimum absolute atomic E-state index is 0.0975. The van der Waals surface area contributed by atoms with E-state index in [1.165, 1.54) is 18.2 Å². The molecule has 3 heterocycles. The standard InChI is InChI=1S/C27H27F2N7O/c1-26(2,3)16-8-7-14(23-15(16)11-19(33-34-23)22-17(28)5-4-6-18(22)29)20-12-30-13-21(31-20)24-32-25(36-35-24)27(37)9-10-27/h4-6,11-14,16,37H,7-10H2,1-3H3,(H,32,35,36)/t14?,16-/m0/s1. The van der Waals surface area contributed by atoms with Crippen molar-refractivity contribution >= 4 is 0 Å². The molecule has 0 spiro atoms. The zero-order chi connectivity index (χ0) is 25.9. The molecule has 4 aromatic rings. The molecule has 2 atom stereocenters. The van der Waals surface area contributed by atoms with Crippen LogP contribution in [0.4, 0.5) is 8.78 Å². The number of fused-ring (bicyclic) bond motifs is 1. The van der Waals surface area contributed by atoms with E-state index in [1.54, 1.807) is 18.5 Å². The van der Waals surface area contributed by atoms with Gasteiger partial charge in [-0.3, -0.25) is 10.1 Å². The Kier molecular flexibility index (Phi) is 5.41. The Morgan fingerprint density at radius 2 is 1.76 bits per heavy atom. The number of aromatic nitrogens is 7. The van der Waals surface area contributed by atoms with Crippen molar-refractivity contribution in [3.05, 3.63) is 71.1 Å². The molecule has 0 aliphatic heterocycles. The average Bonchev–Trinajstić information content (AvgIpc) is 3.41. The Morgan fingerprint density at radius 1 is 1.00 bits per heavy atom. The Morgan fingerprint density at radius 3 is 2.46 bits per heavy atom. The van der Waals surface area contributed by atoms with Gasteiger partial charge in [-0.25, -0.2) is 18.7 Å². The summed E-state index contributed by atoms with van der Waals surface area (Å²) in [5.74, 6) is -0.620. The second-order valence-electron chi connectivity index (χ2n) is 11.1. The van der Waals surface area contributed by atoms with E-state index < -0.39 is 17.2 Å². The fourth-order valence-corrected chi connectivity index (χ4v) is 5.24. The van der Waals surface area contributed by atoms with Crippen molar-refractivity contribution in [1.29, 1.82) is 0 Å². The van der Waals surface area contributed by atoms with Gasteiger partial charge in [-0.1, -0.05) is 26.8 Å². The van der Waals surface area contributed by atoms with Crippen molar-refractivity contribution in [2.45, 2.75) is 63.9 Å². The molecule has 1 saturated carbocycles. The zero-order valence-electron chi connectivity index (χ0n) is 20.8. The second kappa shape index (κ2) is 8.44. The van der Waals surface area contributed by atoms with E-state index in [4.69, 9.17) is 4.98 Å². The first-order valence-electron chi connectivity index (χ1n) is 12.4. The maximum absolute atomic E-state index is 14.6. The molecule has 6 rings (SSSR count). The van der Waals surface area contributed by atoms with E-state index >= 15 is 0 Å². The van der Waals surface area contributed by atoms with Crippen LogP contribution in [-0.4, -0.2) is 40.5 Å². The van der Waals surface area contributed by atoms with Gasteiger partial charge in [0.2, 0.25) is 5.82 Å². The first-order chi connectivity index (χ1) is 17.6. The van der Waals surface area contributed by atoms with Crippen LogP contribution in [0.1, 0.15) is 81.1 Å². The van der Waals surface area contributed by atoms with Gasteiger partial charge in [0.15, 0.2) is 5.82 Å². The molecule has 0 amide bonds. The molecule has 2 aliphatic carbocycles. The maximum Gasteiger partial charge on any atom is 0.201 e. The van der Waals surface area contributed by atoms with E-state index in [1.807, 2.05) is 0 Å². The number of nitrogens with zero attached hydrogens (tertiary/aromatic N) is 6. The van der Waals surface area contributed by atoms with Gasteiger partial charge in [0.1, 0.15) is 22.9 Å². The largest absolute Gasteiger partial charge is 0.382 e. The van der Waals surface area contributed by atoms with Gasteiger partial charge >= 0.3 is 0 Å². The molecule has 1 unspecified atom stereocenters. The predicted octanol–water partition coefficient (Wildman–Crippen LogP) is 5.03. The van der Waals surface area contributed by atoms with E-state index in [0.717, 1.165) is 24.1 Å². The lowest BCUT2D eigenvalue weighted by molar-refractivity contribution is 0.141. The summed E-state index contributed by atoms with van der Waals surface area (Å²) >= 11 is 0. The number of H-pyrrole nitrogens is 1. The number of hydrogen-bond acceptors (Lipinski definition) is 7. The van der Waals surface area contributed by atoms with Crippen LogP contribution in [0.15, 0.2) is 36.7 Å². The van der Waals surface area contributed by atoms with E-state index in [2.05, 4.69) is 51.1 Å². The monoisotopic (exact) mass is 503 g/mol. The second-order valence-corrected chi connectivity index (χ2v) is 11.1. The molecule has 10 heteroatoms. The lowest BCUT2D eigenvalue weighted by Gasteiger charge is -2.38. The molecule has 2 N–H and O–H groups in total. The molecule has 1 aromatic carbocycles. The number of aromatic amines is 1. The van der Waals surface area contributed by atoms with Crippen molar-refractivity contribution in [2.24, 2.45) is 5.41 Å². The number of rotatable bonds is 4. The summed E-state index contributed by atoms with van der Waals surface area (Å²) in [6.45, 7) is 6.46. The van der Waals surface area contributed by atoms with Crippen molar-refractivity contribution in [2.75, 3.05) is 0 Å². The summed E-state index contributed by atoms with van der Waals surface area (Å²) in [6.07, 6.45) is 6.20. The van der Waals surface area contributed by atoms with E-state index in [9.17, 15) is 13.9 Å². The first-order valence-corrected chi connectivity index (χ1v) is 12.4. The summed E-state index contributed by atoms with van der Waals surface area (Å²) in [5.41, 5.74) is 1.82. The fraction of sp³-hybridized carbons (Fsp3) is 0.407. The molecule has 190 valence electrons. The molecule has 37 heavy (non-hydrogen) atoms. The van der Waals surface area contributed by atoms with Crippen LogP contribution in [0.3, 0.4) is 0 Å². The van der Waals surface area contributed by atoms with Crippen molar-refractivity contribution < 1.29 is 13.9 Å². The van der Waals surface area contributed by atoms with Crippen LogP contribution in [0.25, 0.3) is 22.8 Å². The van der Waals surface area contributed by atoms with Gasteiger partial charge in [-0.15, -0.1) is 5.10 Å². The van der Waals surface area contributed by atoms with E-state index in [-0.39, 0.29) is 28.5 Å².